The maximum absolute atomic E-state index is 12.9. The van der Waals surface area contributed by atoms with Crippen LogP contribution in [0.3, 0.4) is 0 Å². The van der Waals surface area contributed by atoms with Gasteiger partial charge < -0.3 is 9.32 Å². The van der Waals surface area contributed by atoms with E-state index in [1.807, 2.05) is 35.4 Å². The molecule has 30 heavy (non-hydrogen) atoms. The number of carbonyl (C=O) groups is 1. The zero-order chi connectivity index (χ0) is 20.6. The minimum atomic E-state index is -0.171. The third kappa shape index (κ3) is 3.68. The Balaban J connectivity index is 1.36. The van der Waals surface area contributed by atoms with Gasteiger partial charge in [-0.3, -0.25) is 9.69 Å². The molecule has 2 fully saturated rings. The molecule has 0 saturated carbocycles. The number of hydrogen-bond donors (Lipinski definition) is 0. The minimum Gasteiger partial charge on any atom is -0.425 e. The Hall–Kier alpha value is -2.51. The Morgan fingerprint density at radius 3 is 2.80 bits per heavy atom. The van der Waals surface area contributed by atoms with Crippen molar-refractivity contribution in [2.24, 2.45) is 5.92 Å². The molecule has 3 aromatic rings. The normalized spacial score (nSPS) is 24.2. The molecule has 4 heterocycles. The number of fused-ring (bicyclic) bond motifs is 1. The van der Waals surface area contributed by atoms with Crippen LogP contribution < -0.4 is 0 Å². The van der Waals surface area contributed by atoms with Crippen LogP contribution in [0.15, 0.2) is 52.3 Å². The van der Waals surface area contributed by atoms with Gasteiger partial charge in [-0.25, -0.2) is 0 Å². The van der Waals surface area contributed by atoms with E-state index < -0.39 is 0 Å². The summed E-state index contributed by atoms with van der Waals surface area (Å²) >= 11 is 1.65. The number of benzene rings is 1. The zero-order valence-corrected chi connectivity index (χ0v) is 18.0. The molecule has 0 bridgehead atoms. The highest BCUT2D eigenvalue weighted by atomic mass is 32.1. The van der Waals surface area contributed by atoms with Crippen molar-refractivity contribution in [3.8, 4) is 0 Å². The summed E-state index contributed by atoms with van der Waals surface area (Å²) in [6.45, 7) is 6.05. The lowest BCUT2D eigenvalue weighted by Crippen LogP contribution is -2.51. The third-order valence-electron chi connectivity index (χ3n) is 6.49. The Kier molecular flexibility index (Phi) is 5.16. The molecule has 2 aliphatic rings. The van der Waals surface area contributed by atoms with Gasteiger partial charge in [0.05, 0.1) is 11.8 Å². The summed E-state index contributed by atoms with van der Waals surface area (Å²) in [7, 11) is 0. The Morgan fingerprint density at radius 1 is 1.20 bits per heavy atom. The molecular formula is C23H26N4O2S. The zero-order valence-electron chi connectivity index (χ0n) is 17.2. The van der Waals surface area contributed by atoms with Crippen LogP contribution in [0.4, 0.5) is 0 Å². The van der Waals surface area contributed by atoms with Gasteiger partial charge in [0.1, 0.15) is 0 Å². The Morgan fingerprint density at radius 2 is 2.07 bits per heavy atom. The van der Waals surface area contributed by atoms with Crippen molar-refractivity contribution in [2.75, 3.05) is 26.2 Å². The summed E-state index contributed by atoms with van der Waals surface area (Å²) in [5.74, 6) is 1.86. The summed E-state index contributed by atoms with van der Waals surface area (Å²) in [5.41, 5.74) is 1.13. The van der Waals surface area contributed by atoms with Gasteiger partial charge in [-0.2, -0.15) is 0 Å². The first-order valence-electron chi connectivity index (χ1n) is 10.5. The lowest BCUT2D eigenvalue weighted by Gasteiger charge is -2.41. The van der Waals surface area contributed by atoms with Crippen molar-refractivity contribution in [2.45, 2.75) is 31.7 Å². The third-order valence-corrected chi connectivity index (χ3v) is 7.37. The topological polar surface area (TPSA) is 62.5 Å². The molecule has 0 N–H and O–H groups in total. The second kappa shape index (κ2) is 7.96. The summed E-state index contributed by atoms with van der Waals surface area (Å²) in [5, 5.41) is 10.6. The lowest BCUT2D eigenvalue weighted by atomic mass is 9.72. The first-order chi connectivity index (χ1) is 14.6. The molecule has 0 radical (unpaired) electrons. The SMILES string of the molecule is Cc1nnc([C@]23CCN(C(=O)Cc4cccs4)C[C@H]2CN(Cc2ccccc2)C3)o1. The first kappa shape index (κ1) is 19.5. The maximum atomic E-state index is 12.9. The molecule has 1 aromatic carbocycles. The van der Waals surface area contributed by atoms with E-state index in [1.165, 1.54) is 5.56 Å². The van der Waals surface area contributed by atoms with Gasteiger partial charge >= 0.3 is 0 Å². The lowest BCUT2D eigenvalue weighted by molar-refractivity contribution is -0.133. The van der Waals surface area contributed by atoms with E-state index in [0.29, 0.717) is 18.2 Å². The van der Waals surface area contributed by atoms with E-state index in [-0.39, 0.29) is 11.3 Å². The fourth-order valence-corrected chi connectivity index (χ4v) is 5.69. The van der Waals surface area contributed by atoms with E-state index >= 15 is 0 Å². The van der Waals surface area contributed by atoms with Crippen LogP contribution in [0.2, 0.25) is 0 Å². The van der Waals surface area contributed by atoms with Gasteiger partial charge in [0.15, 0.2) is 0 Å². The van der Waals surface area contributed by atoms with E-state index in [4.69, 9.17) is 4.42 Å². The van der Waals surface area contributed by atoms with Crippen molar-refractivity contribution in [3.63, 3.8) is 0 Å². The number of thiophene rings is 1. The van der Waals surface area contributed by atoms with Crippen LogP contribution in [0, 0.1) is 12.8 Å². The summed E-state index contributed by atoms with van der Waals surface area (Å²) in [4.78, 5) is 18.6. The average molecular weight is 423 g/mol. The van der Waals surface area contributed by atoms with Crippen LogP contribution in [0.25, 0.3) is 0 Å². The number of amides is 1. The van der Waals surface area contributed by atoms with Crippen molar-refractivity contribution in [3.05, 3.63) is 70.1 Å². The number of piperidine rings is 1. The van der Waals surface area contributed by atoms with E-state index in [2.05, 4.69) is 39.4 Å². The standard InChI is InChI=1S/C23H26N4O2S/c1-17-24-25-22(29-17)23-9-10-27(21(28)12-20-8-5-11-30-20)15-19(23)14-26(16-23)13-18-6-3-2-4-7-18/h2-8,11,19H,9-10,12-16H2,1H3/t19-,23+/m1/s1. The highest BCUT2D eigenvalue weighted by Gasteiger charge is 2.54. The van der Waals surface area contributed by atoms with E-state index in [1.54, 1.807) is 11.3 Å². The molecule has 6 nitrogen and oxygen atoms in total. The maximum Gasteiger partial charge on any atom is 0.227 e. The number of aryl methyl sites for hydroxylation is 1. The average Bonchev–Trinajstić information content (AvgIpc) is 3.48. The van der Waals surface area contributed by atoms with Crippen LogP contribution in [-0.2, 0) is 23.2 Å². The fraction of sp³-hybridized carbons (Fsp3) is 0.435. The predicted octanol–water partition coefficient (Wildman–Crippen LogP) is 3.28. The molecule has 5 rings (SSSR count). The smallest absolute Gasteiger partial charge is 0.227 e. The number of rotatable bonds is 5. The van der Waals surface area contributed by atoms with Gasteiger partial charge in [0.2, 0.25) is 17.7 Å². The van der Waals surface area contributed by atoms with Crippen LogP contribution >= 0.6 is 11.3 Å². The predicted molar refractivity (Wildman–Crippen MR) is 115 cm³/mol. The first-order valence-corrected chi connectivity index (χ1v) is 11.4. The van der Waals surface area contributed by atoms with Gasteiger partial charge in [0, 0.05) is 50.4 Å². The van der Waals surface area contributed by atoms with Crippen molar-refractivity contribution in [1.29, 1.82) is 0 Å². The highest BCUT2D eigenvalue weighted by Crippen LogP contribution is 2.45. The molecule has 2 atom stereocenters. The number of hydrogen-bond acceptors (Lipinski definition) is 6. The highest BCUT2D eigenvalue weighted by molar-refractivity contribution is 7.10. The molecule has 2 aliphatic heterocycles. The molecule has 0 aliphatic carbocycles. The van der Waals surface area contributed by atoms with Gasteiger partial charge in [-0.05, 0) is 23.4 Å². The number of nitrogens with zero attached hydrogens (tertiary/aromatic N) is 4. The summed E-state index contributed by atoms with van der Waals surface area (Å²) in [6, 6.07) is 14.6. The Bertz CT molecular complexity index is 1000. The number of aromatic nitrogens is 2. The molecule has 2 aromatic heterocycles. The quantitative estimate of drug-likeness (QED) is 0.631. The van der Waals surface area contributed by atoms with Crippen LogP contribution in [-0.4, -0.2) is 52.1 Å². The van der Waals surface area contributed by atoms with Gasteiger partial charge in [0.25, 0.3) is 0 Å². The fourth-order valence-electron chi connectivity index (χ4n) is 5.00. The number of carbonyl (C=O) groups excluding carboxylic acids is 1. The van der Waals surface area contributed by atoms with Crippen molar-refractivity contribution >= 4 is 17.2 Å². The monoisotopic (exact) mass is 422 g/mol. The molecule has 0 spiro atoms. The second-order valence-corrected chi connectivity index (χ2v) is 9.51. The van der Waals surface area contributed by atoms with Gasteiger partial charge in [-0.1, -0.05) is 36.4 Å². The summed E-state index contributed by atoms with van der Waals surface area (Å²) < 4.78 is 5.96. The van der Waals surface area contributed by atoms with E-state index in [9.17, 15) is 4.79 Å². The molecular weight excluding hydrogens is 396 g/mol. The van der Waals surface area contributed by atoms with Crippen LogP contribution in [0.5, 0.6) is 0 Å². The minimum absolute atomic E-state index is 0.171. The molecule has 2 saturated heterocycles. The molecule has 0 unspecified atom stereocenters. The number of likely N-dealkylation sites (tertiary alicyclic amines) is 2. The second-order valence-electron chi connectivity index (χ2n) is 8.48. The van der Waals surface area contributed by atoms with Crippen molar-refractivity contribution < 1.29 is 9.21 Å². The van der Waals surface area contributed by atoms with Crippen LogP contribution in [0.1, 0.15) is 28.6 Å². The molecule has 7 heteroatoms. The molecule has 156 valence electrons. The Labute approximate surface area is 180 Å². The van der Waals surface area contributed by atoms with E-state index in [0.717, 1.165) is 49.9 Å². The molecule has 1 amide bonds. The summed E-state index contributed by atoms with van der Waals surface area (Å²) in [6.07, 6.45) is 1.35. The largest absolute Gasteiger partial charge is 0.425 e. The van der Waals surface area contributed by atoms with Gasteiger partial charge in [-0.15, -0.1) is 21.5 Å². The van der Waals surface area contributed by atoms with Crippen molar-refractivity contribution in [1.82, 2.24) is 20.0 Å².